The van der Waals surface area contributed by atoms with Gasteiger partial charge in [0, 0.05) is 16.8 Å². The lowest BCUT2D eigenvalue weighted by Crippen LogP contribution is -2.29. The summed E-state index contributed by atoms with van der Waals surface area (Å²) in [4.78, 5) is 27.4. The molecule has 130 valence electrons. The van der Waals surface area contributed by atoms with Crippen molar-refractivity contribution in [2.45, 2.75) is 13.2 Å². The van der Waals surface area contributed by atoms with Crippen LogP contribution in [0.4, 0.5) is 0 Å². The third-order valence-electron chi connectivity index (χ3n) is 4.09. The molecular weight excluding hydrogens is 372 g/mol. The van der Waals surface area contributed by atoms with Crippen LogP contribution in [0.25, 0.3) is 0 Å². The third-order valence-corrected chi connectivity index (χ3v) is 5.04. The fourth-order valence-electron chi connectivity index (χ4n) is 2.83. The Morgan fingerprint density at radius 2 is 1.77 bits per heavy atom. The van der Waals surface area contributed by atoms with Crippen LogP contribution in [0.5, 0.6) is 5.75 Å². The Hall–Kier alpha value is -2.70. The van der Waals surface area contributed by atoms with Gasteiger partial charge < -0.3 is 4.74 Å². The molecule has 7 heteroatoms. The molecule has 0 fully saturated rings. The molecule has 1 aromatic heterocycles. The van der Waals surface area contributed by atoms with Crippen LogP contribution in [0, 0.1) is 0 Å². The Morgan fingerprint density at radius 1 is 1.04 bits per heavy atom. The maximum atomic E-state index is 12.6. The number of fused-ring (bicyclic) bond motifs is 1. The number of rotatable bonds is 5. The van der Waals surface area contributed by atoms with Crippen LogP contribution in [0.15, 0.2) is 54.7 Å². The fraction of sp³-hybridized carbons (Fsp3) is 0.105. The number of nitrogens with zero attached hydrogens (tertiary/aromatic N) is 2. The van der Waals surface area contributed by atoms with Gasteiger partial charge >= 0.3 is 0 Å². The first kappa shape index (κ1) is 16.8. The fourth-order valence-corrected chi connectivity index (χ4v) is 3.52. The van der Waals surface area contributed by atoms with Gasteiger partial charge in [-0.05, 0) is 47.9 Å². The second kappa shape index (κ2) is 6.90. The van der Waals surface area contributed by atoms with Crippen molar-refractivity contribution < 1.29 is 14.3 Å². The molecule has 2 aromatic carbocycles. The number of hydrogen-bond donors (Lipinski definition) is 0. The van der Waals surface area contributed by atoms with E-state index in [0.29, 0.717) is 34.1 Å². The van der Waals surface area contributed by atoms with E-state index < -0.39 is 0 Å². The molecular formula is C19H13ClN2O3S. The van der Waals surface area contributed by atoms with Crippen LogP contribution in [0.3, 0.4) is 0 Å². The molecule has 2 amide bonds. The molecule has 3 aromatic rings. The van der Waals surface area contributed by atoms with Gasteiger partial charge in [0.1, 0.15) is 12.4 Å². The molecule has 0 saturated carbocycles. The van der Waals surface area contributed by atoms with Crippen molar-refractivity contribution in [2.75, 3.05) is 0 Å². The van der Waals surface area contributed by atoms with E-state index in [1.54, 1.807) is 48.7 Å². The monoisotopic (exact) mass is 384 g/mol. The summed E-state index contributed by atoms with van der Waals surface area (Å²) in [6, 6.07) is 13.9. The summed E-state index contributed by atoms with van der Waals surface area (Å²) in [7, 11) is 0. The van der Waals surface area contributed by atoms with Crippen LogP contribution in [-0.4, -0.2) is 21.1 Å². The highest BCUT2D eigenvalue weighted by atomic mass is 35.5. The molecule has 0 bridgehead atoms. The molecule has 0 atom stereocenters. The van der Waals surface area contributed by atoms with Crippen LogP contribution in [0.1, 0.15) is 31.2 Å². The second-order valence-corrected chi connectivity index (χ2v) is 7.12. The van der Waals surface area contributed by atoms with Gasteiger partial charge in [0.05, 0.1) is 22.5 Å². The average Bonchev–Trinajstić information content (AvgIpc) is 3.25. The third kappa shape index (κ3) is 3.09. The van der Waals surface area contributed by atoms with E-state index in [2.05, 4.69) is 4.37 Å². The van der Waals surface area contributed by atoms with E-state index in [-0.39, 0.29) is 18.4 Å². The minimum absolute atomic E-state index is 0.102. The van der Waals surface area contributed by atoms with Gasteiger partial charge in [-0.15, -0.1) is 0 Å². The predicted octanol–water partition coefficient (Wildman–Crippen LogP) is 4.17. The van der Waals surface area contributed by atoms with Crippen molar-refractivity contribution in [3.8, 4) is 5.75 Å². The molecule has 0 aliphatic carbocycles. The Morgan fingerprint density at radius 3 is 2.42 bits per heavy atom. The molecule has 1 aliphatic heterocycles. The number of ether oxygens (including phenoxy) is 1. The normalized spacial score (nSPS) is 13.2. The maximum Gasteiger partial charge on any atom is 0.261 e. The number of halogens is 1. The van der Waals surface area contributed by atoms with Crippen molar-refractivity contribution >= 4 is 34.9 Å². The van der Waals surface area contributed by atoms with E-state index in [1.165, 1.54) is 16.4 Å². The molecule has 0 spiro atoms. The minimum atomic E-state index is -0.306. The molecule has 26 heavy (non-hydrogen) atoms. The van der Waals surface area contributed by atoms with E-state index in [0.717, 1.165) is 4.88 Å². The first-order chi connectivity index (χ1) is 12.6. The molecule has 1 aliphatic rings. The average molecular weight is 385 g/mol. The number of aromatic nitrogens is 1. The van der Waals surface area contributed by atoms with Gasteiger partial charge in [-0.25, -0.2) is 4.37 Å². The number of carbonyl (C=O) groups is 2. The maximum absolute atomic E-state index is 12.6. The zero-order chi connectivity index (χ0) is 18.1. The number of carbonyl (C=O) groups excluding carboxylic acids is 2. The molecule has 0 saturated heterocycles. The first-order valence-electron chi connectivity index (χ1n) is 7.89. The van der Waals surface area contributed by atoms with E-state index in [4.69, 9.17) is 16.3 Å². The minimum Gasteiger partial charge on any atom is -0.488 e. The molecule has 0 N–H and O–H groups in total. The Kier molecular flexibility index (Phi) is 4.44. The lowest BCUT2D eigenvalue weighted by Gasteiger charge is -2.17. The van der Waals surface area contributed by atoms with Crippen molar-refractivity contribution in [1.29, 1.82) is 0 Å². The number of amides is 2. The Balaban J connectivity index is 1.59. The zero-order valence-corrected chi connectivity index (χ0v) is 15.1. The van der Waals surface area contributed by atoms with Crippen LogP contribution in [0.2, 0.25) is 5.02 Å². The largest absolute Gasteiger partial charge is 0.488 e. The van der Waals surface area contributed by atoms with E-state index in [1.807, 2.05) is 6.07 Å². The molecule has 5 nitrogen and oxygen atoms in total. The number of benzene rings is 2. The topological polar surface area (TPSA) is 59.5 Å². The van der Waals surface area contributed by atoms with Crippen LogP contribution >= 0.6 is 23.1 Å². The first-order valence-corrected chi connectivity index (χ1v) is 9.04. The standard InChI is InChI=1S/C19H13ClN2O3S/c20-13-5-6-17(25-11-14-7-8-21-26-14)12(9-13)10-22-18(23)15-3-1-2-4-16(15)19(22)24/h1-9H,10-11H2. The highest BCUT2D eigenvalue weighted by Crippen LogP contribution is 2.29. The van der Waals surface area contributed by atoms with E-state index in [9.17, 15) is 9.59 Å². The summed E-state index contributed by atoms with van der Waals surface area (Å²) >= 11 is 7.47. The lowest BCUT2D eigenvalue weighted by molar-refractivity contribution is 0.0641. The molecule has 4 rings (SSSR count). The van der Waals surface area contributed by atoms with Gasteiger partial charge in [0.2, 0.25) is 0 Å². The van der Waals surface area contributed by atoms with Crippen molar-refractivity contribution in [1.82, 2.24) is 9.27 Å². The number of imide groups is 1. The summed E-state index contributed by atoms with van der Waals surface area (Å²) < 4.78 is 9.90. The molecule has 2 heterocycles. The van der Waals surface area contributed by atoms with Crippen molar-refractivity contribution in [3.05, 3.63) is 81.3 Å². The lowest BCUT2D eigenvalue weighted by atomic mass is 10.1. The van der Waals surface area contributed by atoms with Crippen molar-refractivity contribution in [2.24, 2.45) is 0 Å². The molecule has 0 radical (unpaired) electrons. The smallest absolute Gasteiger partial charge is 0.261 e. The predicted molar refractivity (Wildman–Crippen MR) is 98.5 cm³/mol. The van der Waals surface area contributed by atoms with Crippen LogP contribution < -0.4 is 4.74 Å². The second-order valence-electron chi connectivity index (χ2n) is 5.76. The highest BCUT2D eigenvalue weighted by molar-refractivity contribution is 7.05. The highest BCUT2D eigenvalue weighted by Gasteiger charge is 2.35. The summed E-state index contributed by atoms with van der Waals surface area (Å²) in [5.41, 5.74) is 1.52. The number of hydrogen-bond acceptors (Lipinski definition) is 5. The van der Waals surface area contributed by atoms with Gasteiger partial charge in [0.15, 0.2) is 0 Å². The Bertz CT molecular complexity index is 953. The quantitative estimate of drug-likeness (QED) is 0.619. The van der Waals surface area contributed by atoms with Gasteiger partial charge in [-0.1, -0.05) is 23.7 Å². The zero-order valence-electron chi connectivity index (χ0n) is 13.5. The van der Waals surface area contributed by atoms with Gasteiger partial charge in [-0.2, -0.15) is 0 Å². The SMILES string of the molecule is O=C1c2ccccc2C(=O)N1Cc1cc(Cl)ccc1OCc1ccns1. The summed E-state index contributed by atoms with van der Waals surface area (Å²) in [6.07, 6.45) is 1.71. The summed E-state index contributed by atoms with van der Waals surface area (Å²) in [6.45, 7) is 0.465. The van der Waals surface area contributed by atoms with Gasteiger partial charge in [0.25, 0.3) is 11.8 Å². The van der Waals surface area contributed by atoms with E-state index >= 15 is 0 Å². The van der Waals surface area contributed by atoms with Crippen molar-refractivity contribution in [3.63, 3.8) is 0 Å². The molecule has 0 unspecified atom stereocenters. The summed E-state index contributed by atoms with van der Waals surface area (Å²) in [5.74, 6) is -0.0303. The summed E-state index contributed by atoms with van der Waals surface area (Å²) in [5, 5.41) is 0.516. The van der Waals surface area contributed by atoms with Gasteiger partial charge in [-0.3, -0.25) is 14.5 Å². The van der Waals surface area contributed by atoms with Crippen LogP contribution in [-0.2, 0) is 13.2 Å². The Labute approximate surface area is 159 Å².